The van der Waals surface area contributed by atoms with Crippen molar-refractivity contribution in [2.45, 2.75) is 12.8 Å². The molecule has 38 heavy (non-hydrogen) atoms. The molecule has 1 aliphatic heterocycles. The standard InChI is InChI=1S/C29H31NO8/c1-33-22-9-7-21(8-10-22)30-29(32)38-25-12-6-19(16-27(25)36-4)14-23-20(17-37-28(23)31)13-18-5-11-24(34-2)26(15-18)35-3/h5-12,15-16,20,23H,13-14,17H2,1-4H3,(H,30,32)/t20-,23+/m0/s1. The Morgan fingerprint density at radius 3 is 2.03 bits per heavy atom. The van der Waals surface area contributed by atoms with Crippen LogP contribution in [0.5, 0.6) is 28.7 Å². The van der Waals surface area contributed by atoms with Crippen molar-refractivity contribution in [3.63, 3.8) is 0 Å². The summed E-state index contributed by atoms with van der Waals surface area (Å²) in [6, 6.07) is 17.9. The molecule has 9 nitrogen and oxygen atoms in total. The Bertz CT molecular complexity index is 1270. The van der Waals surface area contributed by atoms with E-state index in [9.17, 15) is 9.59 Å². The summed E-state index contributed by atoms with van der Waals surface area (Å²) in [6.07, 6.45) is 0.460. The van der Waals surface area contributed by atoms with Crippen LogP contribution in [0.4, 0.5) is 10.5 Å². The lowest BCUT2D eigenvalue weighted by molar-refractivity contribution is -0.141. The molecule has 1 heterocycles. The van der Waals surface area contributed by atoms with E-state index >= 15 is 0 Å². The van der Waals surface area contributed by atoms with Crippen LogP contribution < -0.4 is 29.0 Å². The van der Waals surface area contributed by atoms with Crippen LogP contribution in [0.25, 0.3) is 0 Å². The highest BCUT2D eigenvalue weighted by molar-refractivity contribution is 5.86. The molecule has 0 aromatic heterocycles. The average molecular weight is 522 g/mol. The number of carbonyl (C=O) groups is 2. The number of anilines is 1. The van der Waals surface area contributed by atoms with E-state index in [1.807, 2.05) is 24.3 Å². The number of methoxy groups -OCH3 is 4. The minimum Gasteiger partial charge on any atom is -0.497 e. The van der Waals surface area contributed by atoms with E-state index in [2.05, 4.69) is 5.32 Å². The predicted octanol–water partition coefficient (Wildman–Crippen LogP) is 4.91. The predicted molar refractivity (Wildman–Crippen MR) is 141 cm³/mol. The largest absolute Gasteiger partial charge is 0.497 e. The van der Waals surface area contributed by atoms with Gasteiger partial charge in [0.1, 0.15) is 5.75 Å². The average Bonchev–Trinajstić information content (AvgIpc) is 3.27. The quantitative estimate of drug-likeness (QED) is 0.376. The molecule has 4 rings (SSSR count). The maximum atomic E-state index is 12.6. The van der Waals surface area contributed by atoms with E-state index in [1.165, 1.54) is 7.11 Å². The van der Waals surface area contributed by atoms with Crippen LogP contribution >= 0.6 is 0 Å². The summed E-state index contributed by atoms with van der Waals surface area (Å²) < 4.78 is 32.2. The minimum absolute atomic E-state index is 0.00204. The summed E-state index contributed by atoms with van der Waals surface area (Å²) in [5, 5.41) is 2.67. The molecule has 0 bridgehead atoms. The molecule has 0 spiro atoms. The number of benzene rings is 3. The van der Waals surface area contributed by atoms with Gasteiger partial charge in [-0.05, 0) is 72.5 Å². The molecule has 0 radical (unpaired) electrons. The van der Waals surface area contributed by atoms with Crippen molar-refractivity contribution in [1.29, 1.82) is 0 Å². The lowest BCUT2D eigenvalue weighted by atomic mass is 9.85. The smallest absolute Gasteiger partial charge is 0.417 e. The SMILES string of the molecule is COc1ccc(NC(=O)Oc2ccc(C[C@H]3C(=O)OC[C@@H]3Cc3ccc(OC)c(OC)c3)cc2OC)cc1. The minimum atomic E-state index is -0.657. The fourth-order valence-electron chi connectivity index (χ4n) is 4.46. The summed E-state index contributed by atoms with van der Waals surface area (Å²) in [6.45, 7) is 0.349. The first kappa shape index (κ1) is 26.7. The molecule has 9 heteroatoms. The Balaban J connectivity index is 1.42. The van der Waals surface area contributed by atoms with Gasteiger partial charge in [-0.15, -0.1) is 0 Å². The summed E-state index contributed by atoms with van der Waals surface area (Å²) in [4.78, 5) is 25.0. The maximum absolute atomic E-state index is 12.6. The van der Waals surface area contributed by atoms with Gasteiger partial charge >= 0.3 is 12.1 Å². The number of rotatable bonds is 10. The first-order valence-corrected chi connectivity index (χ1v) is 12.1. The number of cyclic esters (lactones) is 1. The fourth-order valence-corrected chi connectivity index (χ4v) is 4.46. The number of carbonyl (C=O) groups excluding carboxylic acids is 2. The Kier molecular flexibility index (Phi) is 8.58. The van der Waals surface area contributed by atoms with Crippen molar-refractivity contribution in [2.24, 2.45) is 11.8 Å². The topological polar surface area (TPSA) is 102 Å². The van der Waals surface area contributed by atoms with Crippen LogP contribution in [-0.2, 0) is 22.4 Å². The highest BCUT2D eigenvalue weighted by Gasteiger charge is 2.37. The molecular weight excluding hydrogens is 490 g/mol. The van der Waals surface area contributed by atoms with Gasteiger partial charge < -0.3 is 28.4 Å². The molecule has 0 saturated carbocycles. The molecule has 0 unspecified atom stereocenters. The monoisotopic (exact) mass is 521 g/mol. The molecule has 1 amide bonds. The van der Waals surface area contributed by atoms with Crippen molar-refractivity contribution in [1.82, 2.24) is 0 Å². The van der Waals surface area contributed by atoms with Gasteiger partial charge in [0.25, 0.3) is 0 Å². The zero-order valence-corrected chi connectivity index (χ0v) is 21.8. The molecule has 0 aliphatic carbocycles. The first-order chi connectivity index (χ1) is 18.4. The lowest BCUT2D eigenvalue weighted by Crippen LogP contribution is -2.21. The molecule has 1 fully saturated rings. The second-order valence-electron chi connectivity index (χ2n) is 8.82. The zero-order chi connectivity index (χ0) is 27.1. The summed E-state index contributed by atoms with van der Waals surface area (Å²) in [5.74, 6) is 2.07. The van der Waals surface area contributed by atoms with Crippen molar-refractivity contribution in [2.75, 3.05) is 40.4 Å². The van der Waals surface area contributed by atoms with E-state index in [0.29, 0.717) is 48.1 Å². The molecule has 3 aromatic rings. The van der Waals surface area contributed by atoms with E-state index in [0.717, 1.165) is 11.1 Å². The third-order valence-electron chi connectivity index (χ3n) is 6.48. The number of hydrogen-bond acceptors (Lipinski definition) is 8. The Morgan fingerprint density at radius 1 is 0.789 bits per heavy atom. The second kappa shape index (κ2) is 12.2. The number of ether oxygens (including phenoxy) is 6. The second-order valence-corrected chi connectivity index (χ2v) is 8.82. The van der Waals surface area contributed by atoms with Crippen LogP contribution in [-0.4, -0.2) is 47.1 Å². The van der Waals surface area contributed by atoms with Crippen molar-refractivity contribution in [3.05, 3.63) is 71.8 Å². The molecular formula is C29H31NO8. The van der Waals surface area contributed by atoms with Crippen molar-refractivity contribution in [3.8, 4) is 28.7 Å². The van der Waals surface area contributed by atoms with E-state index < -0.39 is 6.09 Å². The van der Waals surface area contributed by atoms with E-state index in [-0.39, 0.29) is 23.6 Å². The third kappa shape index (κ3) is 6.29. The Morgan fingerprint density at radius 2 is 1.39 bits per heavy atom. The summed E-state index contributed by atoms with van der Waals surface area (Å²) in [5.41, 5.74) is 2.46. The lowest BCUT2D eigenvalue weighted by Gasteiger charge is -2.17. The number of esters is 1. The van der Waals surface area contributed by atoms with Crippen LogP contribution in [0.1, 0.15) is 11.1 Å². The van der Waals surface area contributed by atoms with E-state index in [1.54, 1.807) is 57.7 Å². The molecule has 1 saturated heterocycles. The molecule has 1 aliphatic rings. The van der Waals surface area contributed by atoms with Gasteiger partial charge in [-0.25, -0.2) is 4.79 Å². The van der Waals surface area contributed by atoms with Gasteiger partial charge in [0.15, 0.2) is 23.0 Å². The Hall–Kier alpha value is -4.40. The van der Waals surface area contributed by atoms with Gasteiger partial charge in [-0.2, -0.15) is 0 Å². The van der Waals surface area contributed by atoms with Crippen LogP contribution in [0.2, 0.25) is 0 Å². The molecule has 3 aromatic carbocycles. The van der Waals surface area contributed by atoms with Gasteiger partial charge in [0, 0.05) is 11.6 Å². The molecule has 200 valence electrons. The highest BCUT2D eigenvalue weighted by Crippen LogP contribution is 2.35. The van der Waals surface area contributed by atoms with Gasteiger partial charge in [0.05, 0.1) is 41.0 Å². The summed E-state index contributed by atoms with van der Waals surface area (Å²) >= 11 is 0. The summed E-state index contributed by atoms with van der Waals surface area (Å²) in [7, 11) is 6.25. The van der Waals surface area contributed by atoms with Gasteiger partial charge in [0.2, 0.25) is 0 Å². The normalized spacial score (nSPS) is 16.4. The molecule has 1 N–H and O–H groups in total. The van der Waals surface area contributed by atoms with E-state index in [4.69, 9.17) is 28.4 Å². The number of nitrogens with one attached hydrogen (secondary N) is 1. The molecule has 2 atom stereocenters. The Labute approximate surface area is 221 Å². The maximum Gasteiger partial charge on any atom is 0.417 e. The van der Waals surface area contributed by atoms with Crippen LogP contribution in [0, 0.1) is 11.8 Å². The first-order valence-electron chi connectivity index (χ1n) is 12.1. The zero-order valence-electron chi connectivity index (χ0n) is 21.8. The van der Waals surface area contributed by atoms with Gasteiger partial charge in [-0.3, -0.25) is 10.1 Å². The van der Waals surface area contributed by atoms with Crippen LogP contribution in [0.3, 0.4) is 0 Å². The number of amides is 1. The van der Waals surface area contributed by atoms with Crippen molar-refractivity contribution < 1.29 is 38.0 Å². The fraction of sp³-hybridized carbons (Fsp3) is 0.310. The van der Waals surface area contributed by atoms with Gasteiger partial charge in [-0.1, -0.05) is 12.1 Å². The number of hydrogen-bond donors (Lipinski definition) is 1. The third-order valence-corrected chi connectivity index (χ3v) is 6.48. The van der Waals surface area contributed by atoms with Crippen molar-refractivity contribution >= 4 is 17.7 Å². The van der Waals surface area contributed by atoms with Crippen LogP contribution in [0.15, 0.2) is 60.7 Å². The highest BCUT2D eigenvalue weighted by atomic mass is 16.6.